The number of nitrogens with one attached hydrogen (secondary N) is 1. The van der Waals surface area contributed by atoms with Crippen LogP contribution >= 0.6 is 0 Å². The number of primary amides is 1. The van der Waals surface area contributed by atoms with Gasteiger partial charge in [0.15, 0.2) is 0 Å². The highest BCUT2D eigenvalue weighted by Gasteiger charge is 2.43. The van der Waals surface area contributed by atoms with Gasteiger partial charge >= 0.3 is 0 Å². The summed E-state index contributed by atoms with van der Waals surface area (Å²) in [6, 6.07) is 0. The van der Waals surface area contributed by atoms with E-state index < -0.39 is 5.54 Å². The monoisotopic (exact) mass is 258 g/mol. The summed E-state index contributed by atoms with van der Waals surface area (Å²) in [5.41, 5.74) is 4.86. The summed E-state index contributed by atoms with van der Waals surface area (Å²) < 4.78 is 11.1. The molecule has 0 aromatic rings. The molecule has 1 aliphatic rings. The highest BCUT2D eigenvalue weighted by atomic mass is 16.5. The van der Waals surface area contributed by atoms with Gasteiger partial charge in [-0.15, -0.1) is 0 Å². The Morgan fingerprint density at radius 1 is 1.44 bits per heavy atom. The Labute approximate surface area is 109 Å². The first kappa shape index (κ1) is 15.4. The minimum Gasteiger partial charge on any atom is -0.379 e. The van der Waals surface area contributed by atoms with E-state index in [1.807, 2.05) is 0 Å². The van der Waals surface area contributed by atoms with Crippen molar-refractivity contribution in [2.75, 3.05) is 26.9 Å². The van der Waals surface area contributed by atoms with Gasteiger partial charge in [-0.05, 0) is 26.3 Å². The van der Waals surface area contributed by atoms with Gasteiger partial charge in [-0.2, -0.15) is 0 Å². The average Bonchev–Trinajstić information content (AvgIpc) is 2.78. The van der Waals surface area contributed by atoms with E-state index in [2.05, 4.69) is 12.2 Å². The molecule has 0 radical (unpaired) electrons. The van der Waals surface area contributed by atoms with Crippen molar-refractivity contribution in [2.24, 2.45) is 5.73 Å². The second-order valence-corrected chi connectivity index (χ2v) is 4.90. The maximum atomic E-state index is 11.4. The first-order valence-electron chi connectivity index (χ1n) is 6.83. The van der Waals surface area contributed by atoms with E-state index in [0.717, 1.165) is 32.3 Å². The zero-order valence-electron chi connectivity index (χ0n) is 11.5. The Morgan fingerprint density at radius 3 is 2.78 bits per heavy atom. The smallest absolute Gasteiger partial charge is 0.237 e. The molecule has 1 aliphatic carbocycles. The molecule has 0 bridgehead atoms. The van der Waals surface area contributed by atoms with Crippen molar-refractivity contribution in [1.29, 1.82) is 0 Å². The molecule has 5 nitrogen and oxygen atoms in total. The lowest BCUT2D eigenvalue weighted by Gasteiger charge is -2.24. The fourth-order valence-corrected chi connectivity index (χ4v) is 2.34. The second-order valence-electron chi connectivity index (χ2n) is 4.90. The summed E-state index contributed by atoms with van der Waals surface area (Å²) in [4.78, 5) is 11.4. The van der Waals surface area contributed by atoms with Crippen LogP contribution in [0.1, 0.15) is 39.0 Å². The zero-order valence-corrected chi connectivity index (χ0v) is 11.5. The molecule has 0 spiro atoms. The number of hydrogen-bond acceptors (Lipinski definition) is 4. The molecule has 0 heterocycles. The number of hydrogen-bond donors (Lipinski definition) is 2. The summed E-state index contributed by atoms with van der Waals surface area (Å²) in [6.07, 6.45) is 4.63. The molecular weight excluding hydrogens is 232 g/mol. The van der Waals surface area contributed by atoms with Crippen molar-refractivity contribution in [3.05, 3.63) is 0 Å². The summed E-state index contributed by atoms with van der Waals surface area (Å²) in [7, 11) is 1.78. The lowest BCUT2D eigenvalue weighted by molar-refractivity contribution is -0.124. The number of likely N-dealkylation sites (N-methyl/N-ethyl adjacent to an activating group) is 1. The van der Waals surface area contributed by atoms with E-state index >= 15 is 0 Å². The van der Waals surface area contributed by atoms with E-state index in [0.29, 0.717) is 19.6 Å². The average molecular weight is 258 g/mol. The van der Waals surface area contributed by atoms with Gasteiger partial charge in [0.1, 0.15) is 0 Å². The van der Waals surface area contributed by atoms with Crippen LogP contribution in [0.5, 0.6) is 0 Å². The Bertz CT molecular complexity index is 261. The van der Waals surface area contributed by atoms with Crippen LogP contribution in [0, 0.1) is 0 Å². The van der Waals surface area contributed by atoms with E-state index in [4.69, 9.17) is 15.2 Å². The molecule has 106 valence electrons. The van der Waals surface area contributed by atoms with Gasteiger partial charge in [-0.1, -0.05) is 13.3 Å². The maximum absolute atomic E-state index is 11.4. The van der Waals surface area contributed by atoms with Gasteiger partial charge in [0, 0.05) is 13.0 Å². The molecule has 1 amide bonds. The number of unbranched alkanes of at least 4 members (excludes halogenated alkanes) is 1. The van der Waals surface area contributed by atoms with E-state index in [1.54, 1.807) is 7.05 Å². The van der Waals surface area contributed by atoms with Gasteiger partial charge in [-0.3, -0.25) is 4.79 Å². The predicted molar refractivity (Wildman–Crippen MR) is 70.3 cm³/mol. The van der Waals surface area contributed by atoms with Crippen LogP contribution in [-0.2, 0) is 14.3 Å². The Morgan fingerprint density at radius 2 is 2.22 bits per heavy atom. The van der Waals surface area contributed by atoms with Crippen LogP contribution in [0.4, 0.5) is 0 Å². The van der Waals surface area contributed by atoms with Crippen molar-refractivity contribution in [2.45, 2.75) is 50.7 Å². The molecule has 0 aromatic carbocycles. The number of rotatable bonds is 9. The largest absolute Gasteiger partial charge is 0.379 e. The molecule has 1 rings (SSSR count). The van der Waals surface area contributed by atoms with Crippen molar-refractivity contribution >= 4 is 5.91 Å². The van der Waals surface area contributed by atoms with Gasteiger partial charge in [0.2, 0.25) is 5.91 Å². The minimum absolute atomic E-state index is 0.111. The van der Waals surface area contributed by atoms with Crippen LogP contribution in [0.15, 0.2) is 0 Å². The topological polar surface area (TPSA) is 73.6 Å². The fraction of sp³-hybridized carbons (Fsp3) is 0.923. The summed E-state index contributed by atoms with van der Waals surface area (Å²) >= 11 is 0. The Hall–Kier alpha value is -0.650. The number of nitrogens with two attached hydrogens (primary N) is 1. The van der Waals surface area contributed by atoms with Crippen molar-refractivity contribution in [1.82, 2.24) is 5.32 Å². The molecule has 5 heteroatoms. The molecule has 1 saturated carbocycles. The van der Waals surface area contributed by atoms with E-state index in [1.165, 1.54) is 0 Å². The zero-order chi connectivity index (χ0) is 13.4. The summed E-state index contributed by atoms with van der Waals surface area (Å²) in [5, 5.41) is 3.04. The third-order valence-electron chi connectivity index (χ3n) is 3.64. The summed E-state index contributed by atoms with van der Waals surface area (Å²) in [6.45, 7) is 4.15. The molecule has 18 heavy (non-hydrogen) atoms. The molecule has 1 fully saturated rings. The Balaban J connectivity index is 2.16. The van der Waals surface area contributed by atoms with Gasteiger partial charge in [0.05, 0.1) is 24.9 Å². The Kier molecular flexibility index (Phi) is 6.60. The standard InChI is InChI=1S/C13H26N2O3/c1-3-4-7-17-8-9-18-11-5-6-13(10-11,15-2)12(14)16/h11,15H,3-10H2,1-2H3,(H2,14,16). The van der Waals surface area contributed by atoms with Crippen LogP contribution in [0.25, 0.3) is 0 Å². The summed E-state index contributed by atoms with van der Waals surface area (Å²) in [5.74, 6) is -0.282. The SMILES string of the molecule is CCCCOCCOC1CCC(NC)(C(N)=O)C1. The van der Waals surface area contributed by atoms with Crippen LogP contribution in [0.2, 0.25) is 0 Å². The molecule has 2 atom stereocenters. The number of carbonyl (C=O) groups is 1. The van der Waals surface area contributed by atoms with E-state index in [9.17, 15) is 4.79 Å². The molecule has 0 saturated heterocycles. The highest BCUT2D eigenvalue weighted by molar-refractivity contribution is 5.85. The lowest BCUT2D eigenvalue weighted by atomic mass is 9.97. The maximum Gasteiger partial charge on any atom is 0.237 e. The van der Waals surface area contributed by atoms with Crippen molar-refractivity contribution < 1.29 is 14.3 Å². The van der Waals surface area contributed by atoms with E-state index in [-0.39, 0.29) is 12.0 Å². The normalized spacial score (nSPS) is 27.6. The number of carbonyl (C=O) groups excluding carboxylic acids is 1. The van der Waals surface area contributed by atoms with Crippen LogP contribution in [0.3, 0.4) is 0 Å². The molecular formula is C13H26N2O3. The van der Waals surface area contributed by atoms with Gasteiger partial charge in [0.25, 0.3) is 0 Å². The fourth-order valence-electron chi connectivity index (χ4n) is 2.34. The lowest BCUT2D eigenvalue weighted by Crippen LogP contribution is -2.52. The van der Waals surface area contributed by atoms with Crippen LogP contribution in [-0.4, -0.2) is 44.4 Å². The second kappa shape index (κ2) is 7.71. The number of amides is 1. The molecule has 2 unspecified atom stereocenters. The molecule has 0 aromatic heterocycles. The van der Waals surface area contributed by atoms with Gasteiger partial charge < -0.3 is 20.5 Å². The van der Waals surface area contributed by atoms with Gasteiger partial charge in [-0.25, -0.2) is 0 Å². The van der Waals surface area contributed by atoms with Crippen molar-refractivity contribution in [3.8, 4) is 0 Å². The first-order valence-corrected chi connectivity index (χ1v) is 6.83. The predicted octanol–water partition coefficient (Wildman–Crippen LogP) is 0.816. The molecule has 3 N–H and O–H groups in total. The molecule has 0 aliphatic heterocycles. The van der Waals surface area contributed by atoms with Crippen molar-refractivity contribution in [3.63, 3.8) is 0 Å². The number of ether oxygens (including phenoxy) is 2. The van der Waals surface area contributed by atoms with Crippen LogP contribution < -0.4 is 11.1 Å². The third kappa shape index (κ3) is 4.23. The quantitative estimate of drug-likeness (QED) is 0.600. The first-order chi connectivity index (χ1) is 8.64. The minimum atomic E-state index is -0.576. The third-order valence-corrected chi connectivity index (χ3v) is 3.64. The highest BCUT2D eigenvalue weighted by Crippen LogP contribution is 2.31.